The molecular weight excluding hydrogens is 347 g/mol. The third-order valence-corrected chi connectivity index (χ3v) is 3.97. The molecule has 0 atom stereocenters. The predicted molar refractivity (Wildman–Crippen MR) is 80.1 cm³/mol. The fraction of sp³-hybridized carbons (Fsp3) is 0.133. The number of benzene rings is 2. The van der Waals surface area contributed by atoms with E-state index in [2.05, 4.69) is 15.9 Å². The fourth-order valence-electron chi connectivity index (χ4n) is 1.80. The lowest BCUT2D eigenvalue weighted by atomic mass is 10.0. The second-order valence-electron chi connectivity index (χ2n) is 4.16. The first-order valence-electron chi connectivity index (χ1n) is 5.82. The first-order chi connectivity index (χ1) is 9.52. The highest BCUT2D eigenvalue weighted by Gasteiger charge is 2.15. The van der Waals surface area contributed by atoms with E-state index in [9.17, 15) is 9.18 Å². The number of ketones is 1. The van der Waals surface area contributed by atoms with Crippen LogP contribution in [0.1, 0.15) is 15.9 Å². The number of rotatable bonds is 4. The molecule has 0 bridgehead atoms. The quantitative estimate of drug-likeness (QED) is 0.743. The molecule has 2 nitrogen and oxygen atoms in total. The van der Waals surface area contributed by atoms with Crippen molar-refractivity contribution in [1.29, 1.82) is 0 Å². The highest BCUT2D eigenvalue weighted by molar-refractivity contribution is 9.10. The Morgan fingerprint density at radius 3 is 2.80 bits per heavy atom. The van der Waals surface area contributed by atoms with Crippen molar-refractivity contribution in [3.8, 4) is 5.75 Å². The van der Waals surface area contributed by atoms with E-state index in [1.165, 1.54) is 19.2 Å². The number of Topliss-reactive ketones (excluding diaryl/α,β-unsaturated/α-hetero) is 1. The predicted octanol–water partition coefficient (Wildman–Crippen LogP) is 4.68. The molecule has 0 N–H and O–H groups in total. The number of carbonyl (C=O) groups excluding carboxylic acids is 1. The molecule has 0 aromatic heterocycles. The minimum absolute atomic E-state index is 0.0140. The summed E-state index contributed by atoms with van der Waals surface area (Å²) in [5.41, 5.74) is 0.941. The number of carbonyl (C=O) groups is 1. The topological polar surface area (TPSA) is 26.3 Å². The van der Waals surface area contributed by atoms with Crippen LogP contribution in [0, 0.1) is 5.82 Å². The summed E-state index contributed by atoms with van der Waals surface area (Å²) in [6.45, 7) is 0. The summed E-state index contributed by atoms with van der Waals surface area (Å²) < 4.78 is 19.1. The minimum Gasteiger partial charge on any atom is -0.497 e. The van der Waals surface area contributed by atoms with Crippen LogP contribution in [0.4, 0.5) is 4.39 Å². The third kappa shape index (κ3) is 3.19. The Kier molecular flexibility index (Phi) is 4.78. The Morgan fingerprint density at radius 2 is 2.10 bits per heavy atom. The van der Waals surface area contributed by atoms with Crippen molar-refractivity contribution in [2.24, 2.45) is 0 Å². The monoisotopic (exact) mass is 356 g/mol. The van der Waals surface area contributed by atoms with Crippen LogP contribution in [0.25, 0.3) is 0 Å². The minimum atomic E-state index is -0.526. The molecule has 0 fully saturated rings. The Balaban J connectivity index is 2.30. The van der Waals surface area contributed by atoms with Gasteiger partial charge in [-0.05, 0) is 29.8 Å². The van der Waals surface area contributed by atoms with Gasteiger partial charge in [-0.15, -0.1) is 0 Å². The van der Waals surface area contributed by atoms with E-state index in [4.69, 9.17) is 16.3 Å². The van der Waals surface area contributed by atoms with Crippen LogP contribution in [0.3, 0.4) is 0 Å². The largest absolute Gasteiger partial charge is 0.497 e. The highest BCUT2D eigenvalue weighted by atomic mass is 79.9. The molecular formula is C15H11BrClFO2. The smallest absolute Gasteiger partial charge is 0.168 e. The number of ether oxygens (including phenoxy) is 1. The number of hydrogen-bond acceptors (Lipinski definition) is 2. The molecule has 0 saturated heterocycles. The molecule has 0 unspecified atom stereocenters. The lowest BCUT2D eigenvalue weighted by molar-refractivity contribution is 0.0992. The second kappa shape index (κ2) is 6.37. The summed E-state index contributed by atoms with van der Waals surface area (Å²) in [4.78, 5) is 12.3. The summed E-state index contributed by atoms with van der Waals surface area (Å²) in [5.74, 6) is -0.105. The molecule has 104 valence electrons. The normalized spacial score (nSPS) is 10.4. The van der Waals surface area contributed by atoms with Gasteiger partial charge in [0.1, 0.15) is 11.6 Å². The van der Waals surface area contributed by atoms with Gasteiger partial charge in [-0.3, -0.25) is 4.79 Å². The zero-order chi connectivity index (χ0) is 14.7. The fourth-order valence-corrected chi connectivity index (χ4v) is 2.46. The third-order valence-electron chi connectivity index (χ3n) is 2.86. The van der Waals surface area contributed by atoms with Crippen molar-refractivity contribution in [1.82, 2.24) is 0 Å². The lowest BCUT2D eigenvalue weighted by Gasteiger charge is -2.08. The summed E-state index contributed by atoms with van der Waals surface area (Å²) in [5, 5.41) is -0.0140. The number of hydrogen-bond donors (Lipinski definition) is 0. The van der Waals surface area contributed by atoms with Gasteiger partial charge >= 0.3 is 0 Å². The molecule has 0 saturated carbocycles. The van der Waals surface area contributed by atoms with E-state index in [-0.39, 0.29) is 17.2 Å². The maximum Gasteiger partial charge on any atom is 0.168 e. The molecule has 0 amide bonds. The van der Waals surface area contributed by atoms with E-state index in [0.29, 0.717) is 21.3 Å². The maximum atomic E-state index is 13.4. The number of methoxy groups -OCH3 is 1. The molecule has 2 aromatic rings. The lowest BCUT2D eigenvalue weighted by Crippen LogP contribution is -2.06. The summed E-state index contributed by atoms with van der Waals surface area (Å²) in [6, 6.07) is 9.55. The maximum absolute atomic E-state index is 13.4. The molecule has 0 aliphatic rings. The Bertz CT molecular complexity index is 658. The molecule has 2 rings (SSSR count). The first kappa shape index (κ1) is 15.0. The van der Waals surface area contributed by atoms with Crippen molar-refractivity contribution < 1.29 is 13.9 Å². The van der Waals surface area contributed by atoms with Crippen LogP contribution in [0.15, 0.2) is 40.9 Å². The standard InChI is InChI=1S/C15H11BrClFO2/c1-20-10-5-6-12(16)11(8-10)14(19)7-9-3-2-4-13(18)15(9)17/h2-6,8H,7H2,1H3. The van der Waals surface area contributed by atoms with Gasteiger partial charge in [0.15, 0.2) is 5.78 Å². The van der Waals surface area contributed by atoms with Gasteiger partial charge in [0.2, 0.25) is 0 Å². The second-order valence-corrected chi connectivity index (χ2v) is 5.39. The van der Waals surface area contributed by atoms with Gasteiger partial charge in [-0.25, -0.2) is 4.39 Å². The molecule has 5 heteroatoms. The van der Waals surface area contributed by atoms with Crippen molar-refractivity contribution in [3.63, 3.8) is 0 Å². The average Bonchev–Trinajstić information content (AvgIpc) is 2.44. The summed E-state index contributed by atoms with van der Waals surface area (Å²) >= 11 is 9.18. The van der Waals surface area contributed by atoms with Crippen molar-refractivity contribution in [3.05, 3.63) is 62.8 Å². The van der Waals surface area contributed by atoms with Gasteiger partial charge < -0.3 is 4.74 Å². The Hall–Kier alpha value is -1.39. The molecule has 20 heavy (non-hydrogen) atoms. The van der Waals surface area contributed by atoms with E-state index in [1.807, 2.05) is 0 Å². The van der Waals surface area contributed by atoms with Gasteiger partial charge in [0.25, 0.3) is 0 Å². The van der Waals surface area contributed by atoms with E-state index < -0.39 is 5.82 Å². The van der Waals surface area contributed by atoms with E-state index in [1.54, 1.807) is 24.3 Å². The molecule has 0 spiro atoms. The Labute approximate surface area is 129 Å². The molecule has 0 aliphatic carbocycles. The van der Waals surface area contributed by atoms with Crippen molar-refractivity contribution >= 4 is 33.3 Å². The van der Waals surface area contributed by atoms with Crippen LogP contribution >= 0.6 is 27.5 Å². The van der Waals surface area contributed by atoms with Gasteiger partial charge in [0, 0.05) is 16.5 Å². The van der Waals surface area contributed by atoms with Crippen LogP contribution in [0.2, 0.25) is 5.02 Å². The molecule has 0 radical (unpaired) electrons. The summed E-state index contributed by atoms with van der Waals surface area (Å²) in [6.07, 6.45) is 0.0301. The van der Waals surface area contributed by atoms with E-state index in [0.717, 1.165) is 0 Å². The van der Waals surface area contributed by atoms with Gasteiger partial charge in [-0.1, -0.05) is 39.7 Å². The van der Waals surface area contributed by atoms with Crippen LogP contribution in [-0.2, 0) is 6.42 Å². The highest BCUT2D eigenvalue weighted by Crippen LogP contribution is 2.26. The van der Waals surface area contributed by atoms with Crippen LogP contribution in [0.5, 0.6) is 5.75 Å². The van der Waals surface area contributed by atoms with Crippen LogP contribution < -0.4 is 4.74 Å². The first-order valence-corrected chi connectivity index (χ1v) is 6.99. The van der Waals surface area contributed by atoms with Gasteiger partial charge in [-0.2, -0.15) is 0 Å². The average molecular weight is 358 g/mol. The molecule has 0 aliphatic heterocycles. The van der Waals surface area contributed by atoms with Crippen molar-refractivity contribution in [2.75, 3.05) is 7.11 Å². The molecule has 0 heterocycles. The summed E-state index contributed by atoms with van der Waals surface area (Å²) in [7, 11) is 1.53. The molecule has 2 aromatic carbocycles. The van der Waals surface area contributed by atoms with Crippen LogP contribution in [-0.4, -0.2) is 12.9 Å². The number of halogens is 3. The zero-order valence-corrected chi connectivity index (χ0v) is 13.0. The van der Waals surface area contributed by atoms with E-state index >= 15 is 0 Å². The SMILES string of the molecule is COc1ccc(Br)c(C(=O)Cc2cccc(F)c2Cl)c1. The zero-order valence-electron chi connectivity index (χ0n) is 10.6. The van der Waals surface area contributed by atoms with Gasteiger partial charge in [0.05, 0.1) is 12.1 Å². The Morgan fingerprint density at radius 1 is 1.35 bits per heavy atom. The van der Waals surface area contributed by atoms with Crippen molar-refractivity contribution in [2.45, 2.75) is 6.42 Å².